The first-order valence-corrected chi connectivity index (χ1v) is 6.78. The number of thiazole rings is 1. The van der Waals surface area contributed by atoms with Crippen LogP contribution in [0.4, 0.5) is 0 Å². The molecule has 19 heavy (non-hydrogen) atoms. The molecule has 2 rings (SSSR count). The van der Waals surface area contributed by atoms with Crippen LogP contribution in [0.2, 0.25) is 0 Å². The van der Waals surface area contributed by atoms with Crippen molar-refractivity contribution in [3.8, 4) is 0 Å². The van der Waals surface area contributed by atoms with E-state index < -0.39 is 5.97 Å². The van der Waals surface area contributed by atoms with Crippen LogP contribution in [0.1, 0.15) is 21.9 Å². The van der Waals surface area contributed by atoms with Crippen LogP contribution in [0.15, 0.2) is 5.38 Å². The normalized spacial score (nSPS) is 19.1. The number of morpholine rings is 1. The standard InChI is InChI=1S/C11H15N3O4S/c15-9(3-7-5-18-2-1-12-7)13-4-10-14-8(6-19-10)11(16)17/h6-7,12H,1-5H2,(H,13,15)(H,16,17). The highest BCUT2D eigenvalue weighted by atomic mass is 32.1. The number of carboxylic acid groups (broad SMARTS) is 1. The van der Waals surface area contributed by atoms with Crippen molar-refractivity contribution in [3.63, 3.8) is 0 Å². The number of rotatable bonds is 5. The maximum Gasteiger partial charge on any atom is 0.355 e. The molecule has 3 N–H and O–H groups in total. The average Bonchev–Trinajstić information content (AvgIpc) is 2.86. The second kappa shape index (κ2) is 6.60. The number of aromatic nitrogens is 1. The summed E-state index contributed by atoms with van der Waals surface area (Å²) in [7, 11) is 0. The van der Waals surface area contributed by atoms with Crippen molar-refractivity contribution in [2.45, 2.75) is 19.0 Å². The summed E-state index contributed by atoms with van der Waals surface area (Å²) in [4.78, 5) is 26.2. The van der Waals surface area contributed by atoms with Crippen LogP contribution < -0.4 is 10.6 Å². The molecule has 1 amide bonds. The minimum absolute atomic E-state index is 0.0107. The van der Waals surface area contributed by atoms with Crippen molar-refractivity contribution < 1.29 is 19.4 Å². The monoisotopic (exact) mass is 285 g/mol. The molecular weight excluding hydrogens is 270 g/mol. The maximum absolute atomic E-state index is 11.7. The zero-order chi connectivity index (χ0) is 13.7. The summed E-state index contributed by atoms with van der Waals surface area (Å²) in [5.74, 6) is -1.16. The highest BCUT2D eigenvalue weighted by Crippen LogP contribution is 2.09. The number of hydrogen-bond acceptors (Lipinski definition) is 6. The van der Waals surface area contributed by atoms with Crippen LogP contribution >= 0.6 is 11.3 Å². The zero-order valence-electron chi connectivity index (χ0n) is 10.2. The Morgan fingerprint density at radius 2 is 2.47 bits per heavy atom. The van der Waals surface area contributed by atoms with Crippen molar-refractivity contribution >= 4 is 23.2 Å². The van der Waals surface area contributed by atoms with E-state index in [0.717, 1.165) is 6.54 Å². The summed E-state index contributed by atoms with van der Waals surface area (Å²) in [5, 5.41) is 16.7. The number of aromatic carboxylic acids is 1. The molecule has 1 aromatic heterocycles. The Bertz CT molecular complexity index is 457. The largest absolute Gasteiger partial charge is 0.476 e. The lowest BCUT2D eigenvalue weighted by Crippen LogP contribution is -2.44. The van der Waals surface area contributed by atoms with E-state index in [0.29, 0.717) is 24.6 Å². The summed E-state index contributed by atoms with van der Waals surface area (Å²) < 4.78 is 5.26. The third-order valence-electron chi connectivity index (χ3n) is 2.64. The van der Waals surface area contributed by atoms with Gasteiger partial charge in [0.1, 0.15) is 5.01 Å². The van der Waals surface area contributed by atoms with Gasteiger partial charge in [-0.15, -0.1) is 11.3 Å². The molecule has 8 heteroatoms. The van der Waals surface area contributed by atoms with Gasteiger partial charge in [0.25, 0.3) is 0 Å². The van der Waals surface area contributed by atoms with E-state index in [-0.39, 0.29) is 24.2 Å². The minimum Gasteiger partial charge on any atom is -0.476 e. The van der Waals surface area contributed by atoms with Gasteiger partial charge in [-0.3, -0.25) is 4.79 Å². The number of amides is 1. The van der Waals surface area contributed by atoms with Gasteiger partial charge in [-0.25, -0.2) is 9.78 Å². The number of carbonyl (C=O) groups excluding carboxylic acids is 1. The number of carboxylic acids is 1. The number of hydrogen-bond donors (Lipinski definition) is 3. The zero-order valence-corrected chi connectivity index (χ0v) is 11.0. The molecule has 0 bridgehead atoms. The van der Waals surface area contributed by atoms with Crippen LogP contribution in [0, 0.1) is 0 Å². The van der Waals surface area contributed by atoms with Crippen LogP contribution in [-0.2, 0) is 16.1 Å². The number of nitrogens with zero attached hydrogens (tertiary/aromatic N) is 1. The molecule has 1 saturated heterocycles. The first kappa shape index (κ1) is 13.9. The highest BCUT2D eigenvalue weighted by Gasteiger charge is 2.17. The van der Waals surface area contributed by atoms with E-state index in [1.54, 1.807) is 0 Å². The number of ether oxygens (including phenoxy) is 1. The molecule has 0 radical (unpaired) electrons. The van der Waals surface area contributed by atoms with Crippen LogP contribution in [0.3, 0.4) is 0 Å². The lowest BCUT2D eigenvalue weighted by Gasteiger charge is -2.23. The minimum atomic E-state index is -1.06. The summed E-state index contributed by atoms with van der Waals surface area (Å²) in [6.07, 6.45) is 0.344. The average molecular weight is 285 g/mol. The smallest absolute Gasteiger partial charge is 0.355 e. The van der Waals surface area contributed by atoms with Crippen LogP contribution in [0.5, 0.6) is 0 Å². The predicted octanol–water partition coefficient (Wildman–Crippen LogP) is -0.164. The van der Waals surface area contributed by atoms with Gasteiger partial charge in [-0.1, -0.05) is 0 Å². The fourth-order valence-corrected chi connectivity index (χ4v) is 2.42. The first-order valence-electron chi connectivity index (χ1n) is 5.90. The van der Waals surface area contributed by atoms with E-state index in [2.05, 4.69) is 15.6 Å². The van der Waals surface area contributed by atoms with Gasteiger partial charge in [-0.05, 0) is 0 Å². The Morgan fingerprint density at radius 1 is 1.63 bits per heavy atom. The Labute approximate surface area is 114 Å². The Morgan fingerprint density at radius 3 is 3.11 bits per heavy atom. The third kappa shape index (κ3) is 4.27. The molecule has 2 heterocycles. The first-order chi connectivity index (χ1) is 9.15. The van der Waals surface area contributed by atoms with Gasteiger partial charge in [0, 0.05) is 24.4 Å². The number of nitrogens with one attached hydrogen (secondary N) is 2. The van der Waals surface area contributed by atoms with Gasteiger partial charge in [0.2, 0.25) is 5.91 Å². The van der Waals surface area contributed by atoms with E-state index in [1.807, 2.05) is 0 Å². The van der Waals surface area contributed by atoms with Crippen molar-refractivity contribution in [3.05, 3.63) is 16.1 Å². The molecule has 0 aliphatic carbocycles. The second-order valence-electron chi connectivity index (χ2n) is 4.14. The lowest BCUT2D eigenvalue weighted by molar-refractivity contribution is -0.122. The highest BCUT2D eigenvalue weighted by molar-refractivity contribution is 7.09. The molecule has 7 nitrogen and oxygen atoms in total. The second-order valence-corrected chi connectivity index (χ2v) is 5.08. The van der Waals surface area contributed by atoms with Crippen molar-refractivity contribution in [1.82, 2.24) is 15.6 Å². The fraction of sp³-hybridized carbons (Fsp3) is 0.545. The van der Waals surface area contributed by atoms with Gasteiger partial charge in [0.05, 0.1) is 19.8 Å². The van der Waals surface area contributed by atoms with Crippen molar-refractivity contribution in [2.75, 3.05) is 19.8 Å². The third-order valence-corrected chi connectivity index (χ3v) is 3.49. The number of carbonyl (C=O) groups is 2. The molecule has 1 aliphatic rings. The van der Waals surface area contributed by atoms with Crippen molar-refractivity contribution in [1.29, 1.82) is 0 Å². The quantitative estimate of drug-likeness (QED) is 0.695. The molecule has 1 aromatic rings. The van der Waals surface area contributed by atoms with E-state index in [9.17, 15) is 9.59 Å². The van der Waals surface area contributed by atoms with Crippen molar-refractivity contribution in [2.24, 2.45) is 0 Å². The van der Waals surface area contributed by atoms with E-state index in [4.69, 9.17) is 9.84 Å². The molecule has 0 spiro atoms. The Balaban J connectivity index is 1.74. The Hall–Kier alpha value is -1.51. The summed E-state index contributed by atoms with van der Waals surface area (Å²) >= 11 is 1.22. The summed E-state index contributed by atoms with van der Waals surface area (Å²) in [5.41, 5.74) is 0.0107. The molecule has 0 saturated carbocycles. The van der Waals surface area contributed by atoms with E-state index >= 15 is 0 Å². The topological polar surface area (TPSA) is 101 Å². The molecule has 104 valence electrons. The fourth-order valence-electron chi connectivity index (χ4n) is 1.71. The van der Waals surface area contributed by atoms with E-state index in [1.165, 1.54) is 16.7 Å². The summed E-state index contributed by atoms with van der Waals surface area (Å²) in [6.45, 7) is 2.22. The molecular formula is C11H15N3O4S. The molecule has 0 aromatic carbocycles. The maximum atomic E-state index is 11.7. The van der Waals surface area contributed by atoms with Gasteiger partial charge >= 0.3 is 5.97 Å². The van der Waals surface area contributed by atoms with Crippen LogP contribution in [-0.4, -0.2) is 47.8 Å². The van der Waals surface area contributed by atoms with Gasteiger partial charge < -0.3 is 20.5 Å². The molecule has 1 atom stereocenters. The predicted molar refractivity (Wildman–Crippen MR) is 68.1 cm³/mol. The lowest BCUT2D eigenvalue weighted by atomic mass is 10.2. The molecule has 1 fully saturated rings. The summed E-state index contributed by atoms with van der Waals surface area (Å²) in [6, 6.07) is 0.0413. The van der Waals surface area contributed by atoms with Crippen LogP contribution in [0.25, 0.3) is 0 Å². The Kier molecular flexibility index (Phi) is 4.83. The molecule has 1 aliphatic heterocycles. The van der Waals surface area contributed by atoms with Gasteiger partial charge in [0.15, 0.2) is 5.69 Å². The SMILES string of the molecule is O=C(CC1COCCN1)NCc1nc(C(=O)O)cs1. The van der Waals surface area contributed by atoms with Gasteiger partial charge in [-0.2, -0.15) is 0 Å². The molecule has 1 unspecified atom stereocenters.